The van der Waals surface area contributed by atoms with Gasteiger partial charge in [0, 0.05) is 10.2 Å². The second kappa shape index (κ2) is 6.92. The van der Waals surface area contributed by atoms with Crippen LogP contribution in [0, 0.1) is 6.92 Å². The fraction of sp³-hybridized carbons (Fsp3) is 0.211. The molecule has 2 aromatic carbocycles. The maximum atomic E-state index is 12.8. The van der Waals surface area contributed by atoms with E-state index in [0.29, 0.717) is 11.3 Å². The highest BCUT2D eigenvalue weighted by molar-refractivity contribution is 9.10. The van der Waals surface area contributed by atoms with E-state index in [1.807, 2.05) is 19.1 Å². The number of carbonyl (C=O) groups excluding carboxylic acids is 3. The number of nitrogens with one attached hydrogen (secondary N) is 2. The molecule has 0 radical (unpaired) electrons. The van der Waals surface area contributed by atoms with Crippen LogP contribution in [0.15, 0.2) is 53.0 Å². The van der Waals surface area contributed by atoms with Gasteiger partial charge in [-0.1, -0.05) is 45.8 Å². The van der Waals surface area contributed by atoms with Crippen LogP contribution < -0.4 is 10.6 Å². The third-order valence-electron chi connectivity index (χ3n) is 4.33. The first-order valence-corrected chi connectivity index (χ1v) is 8.85. The Labute approximate surface area is 159 Å². The van der Waals surface area contributed by atoms with Crippen LogP contribution in [-0.4, -0.2) is 29.3 Å². The average Bonchev–Trinajstić information content (AvgIpc) is 2.82. The summed E-state index contributed by atoms with van der Waals surface area (Å²) >= 11 is 3.32. The number of carbonyl (C=O) groups is 3. The smallest absolute Gasteiger partial charge is 0.325 e. The SMILES string of the molecule is Cc1ccc([C@@]2(C)NC(=O)N(CC(=O)Nc3ccc(Br)cc3)C2=O)cc1. The topological polar surface area (TPSA) is 78.5 Å². The monoisotopic (exact) mass is 415 g/mol. The number of benzene rings is 2. The van der Waals surface area contributed by atoms with Crippen molar-refractivity contribution in [2.45, 2.75) is 19.4 Å². The van der Waals surface area contributed by atoms with E-state index in [-0.39, 0.29) is 6.54 Å². The summed E-state index contributed by atoms with van der Waals surface area (Å²) in [6, 6.07) is 13.8. The van der Waals surface area contributed by atoms with Gasteiger partial charge in [0.1, 0.15) is 12.1 Å². The number of amides is 4. The molecule has 0 unspecified atom stereocenters. The Morgan fingerprint density at radius 1 is 1.12 bits per heavy atom. The highest BCUT2D eigenvalue weighted by Gasteiger charge is 2.49. The molecule has 1 aliphatic rings. The lowest BCUT2D eigenvalue weighted by Gasteiger charge is -2.22. The molecule has 1 fully saturated rings. The fourth-order valence-corrected chi connectivity index (χ4v) is 3.06. The summed E-state index contributed by atoms with van der Waals surface area (Å²) < 4.78 is 0.887. The van der Waals surface area contributed by atoms with E-state index in [9.17, 15) is 14.4 Å². The van der Waals surface area contributed by atoms with Gasteiger partial charge in [0.05, 0.1) is 0 Å². The number of urea groups is 1. The third kappa shape index (κ3) is 3.48. The molecule has 4 amide bonds. The van der Waals surface area contributed by atoms with E-state index in [0.717, 1.165) is 14.9 Å². The number of anilines is 1. The number of nitrogens with zero attached hydrogens (tertiary/aromatic N) is 1. The minimum Gasteiger partial charge on any atom is -0.325 e. The molecule has 0 spiro atoms. The first-order chi connectivity index (χ1) is 12.3. The van der Waals surface area contributed by atoms with Crippen LogP contribution in [0.5, 0.6) is 0 Å². The first kappa shape index (κ1) is 18.1. The molecular weight excluding hydrogens is 398 g/mol. The van der Waals surface area contributed by atoms with Crippen molar-refractivity contribution in [1.29, 1.82) is 0 Å². The van der Waals surface area contributed by atoms with Crippen LogP contribution in [-0.2, 0) is 15.1 Å². The van der Waals surface area contributed by atoms with Gasteiger partial charge in [0.25, 0.3) is 5.91 Å². The summed E-state index contributed by atoms with van der Waals surface area (Å²) in [5.41, 5.74) is 1.14. The van der Waals surface area contributed by atoms with Crippen molar-refractivity contribution in [3.63, 3.8) is 0 Å². The summed E-state index contributed by atoms with van der Waals surface area (Å²) in [5.74, 6) is -0.888. The number of imide groups is 1. The van der Waals surface area contributed by atoms with E-state index in [1.165, 1.54) is 0 Å². The standard InChI is InChI=1S/C19H18BrN3O3/c1-12-3-5-13(6-4-12)19(2)17(25)23(18(26)22-19)11-16(24)21-15-9-7-14(20)8-10-15/h3-10H,11H2,1-2H3,(H,21,24)(H,22,26)/t19-/m1/s1. The van der Waals surface area contributed by atoms with Crippen molar-refractivity contribution in [2.24, 2.45) is 0 Å². The molecule has 7 heteroatoms. The van der Waals surface area contributed by atoms with Crippen molar-refractivity contribution < 1.29 is 14.4 Å². The van der Waals surface area contributed by atoms with Crippen molar-refractivity contribution in [2.75, 3.05) is 11.9 Å². The number of hydrogen-bond acceptors (Lipinski definition) is 3. The summed E-state index contributed by atoms with van der Waals surface area (Å²) in [7, 11) is 0. The van der Waals surface area contributed by atoms with E-state index >= 15 is 0 Å². The molecule has 0 aliphatic carbocycles. The molecule has 0 saturated carbocycles. The molecule has 3 rings (SSSR count). The Bertz CT molecular complexity index is 865. The largest absolute Gasteiger partial charge is 0.325 e. The summed E-state index contributed by atoms with van der Waals surface area (Å²) in [6.07, 6.45) is 0. The zero-order chi connectivity index (χ0) is 18.9. The number of hydrogen-bond donors (Lipinski definition) is 2. The molecule has 0 aromatic heterocycles. The molecular formula is C19H18BrN3O3. The molecule has 6 nitrogen and oxygen atoms in total. The zero-order valence-electron chi connectivity index (χ0n) is 14.4. The van der Waals surface area contributed by atoms with Crippen LogP contribution in [0.3, 0.4) is 0 Å². The van der Waals surface area contributed by atoms with Gasteiger partial charge in [-0.2, -0.15) is 0 Å². The Morgan fingerprint density at radius 3 is 2.35 bits per heavy atom. The number of halogens is 1. The van der Waals surface area contributed by atoms with Gasteiger partial charge in [-0.15, -0.1) is 0 Å². The lowest BCUT2D eigenvalue weighted by molar-refractivity contribution is -0.133. The average molecular weight is 416 g/mol. The van der Waals surface area contributed by atoms with Gasteiger partial charge in [-0.25, -0.2) is 4.79 Å². The molecule has 1 saturated heterocycles. The predicted octanol–water partition coefficient (Wildman–Crippen LogP) is 3.16. The summed E-state index contributed by atoms with van der Waals surface area (Å²) in [6.45, 7) is 3.24. The fourth-order valence-electron chi connectivity index (χ4n) is 2.80. The molecule has 1 heterocycles. The van der Waals surface area contributed by atoms with Gasteiger partial charge < -0.3 is 10.6 Å². The first-order valence-electron chi connectivity index (χ1n) is 8.06. The van der Waals surface area contributed by atoms with E-state index in [1.54, 1.807) is 43.3 Å². The number of aryl methyl sites for hydroxylation is 1. The molecule has 2 N–H and O–H groups in total. The lowest BCUT2D eigenvalue weighted by Crippen LogP contribution is -2.42. The Kier molecular flexibility index (Phi) is 4.82. The maximum absolute atomic E-state index is 12.8. The van der Waals surface area contributed by atoms with Crippen molar-refractivity contribution in [3.05, 3.63) is 64.1 Å². The second-order valence-electron chi connectivity index (χ2n) is 6.37. The van der Waals surface area contributed by atoms with Gasteiger partial charge in [-0.3, -0.25) is 14.5 Å². The van der Waals surface area contributed by atoms with E-state index in [4.69, 9.17) is 0 Å². The molecule has 1 aliphatic heterocycles. The van der Waals surface area contributed by atoms with Crippen LogP contribution in [0.1, 0.15) is 18.1 Å². The van der Waals surface area contributed by atoms with Crippen LogP contribution in [0.25, 0.3) is 0 Å². The summed E-state index contributed by atoms with van der Waals surface area (Å²) in [4.78, 5) is 38.3. The van der Waals surface area contributed by atoms with Crippen LogP contribution in [0.4, 0.5) is 10.5 Å². The minimum absolute atomic E-state index is 0.345. The molecule has 1 atom stereocenters. The Morgan fingerprint density at radius 2 is 1.73 bits per heavy atom. The minimum atomic E-state index is -1.18. The lowest BCUT2D eigenvalue weighted by atomic mass is 9.91. The van der Waals surface area contributed by atoms with Crippen LogP contribution in [0.2, 0.25) is 0 Å². The Hall–Kier alpha value is -2.67. The Balaban J connectivity index is 1.73. The van der Waals surface area contributed by atoms with Crippen molar-refractivity contribution in [1.82, 2.24) is 10.2 Å². The molecule has 2 aromatic rings. The highest BCUT2D eigenvalue weighted by Crippen LogP contribution is 2.29. The van der Waals surface area contributed by atoms with Gasteiger partial charge >= 0.3 is 6.03 Å². The van der Waals surface area contributed by atoms with Gasteiger partial charge in [-0.05, 0) is 43.7 Å². The molecule has 26 heavy (non-hydrogen) atoms. The number of rotatable bonds is 4. The normalized spacial score (nSPS) is 19.4. The predicted molar refractivity (Wildman–Crippen MR) is 102 cm³/mol. The van der Waals surface area contributed by atoms with E-state index < -0.39 is 23.4 Å². The summed E-state index contributed by atoms with van der Waals surface area (Å²) in [5, 5.41) is 5.37. The van der Waals surface area contributed by atoms with Crippen molar-refractivity contribution >= 4 is 39.5 Å². The zero-order valence-corrected chi connectivity index (χ0v) is 16.0. The highest BCUT2D eigenvalue weighted by atomic mass is 79.9. The van der Waals surface area contributed by atoms with Gasteiger partial charge in [0.15, 0.2) is 0 Å². The molecule has 0 bridgehead atoms. The third-order valence-corrected chi connectivity index (χ3v) is 4.86. The molecule has 134 valence electrons. The van der Waals surface area contributed by atoms with E-state index in [2.05, 4.69) is 26.6 Å². The maximum Gasteiger partial charge on any atom is 0.325 e. The quantitative estimate of drug-likeness (QED) is 0.752. The van der Waals surface area contributed by atoms with Crippen molar-refractivity contribution in [3.8, 4) is 0 Å². The van der Waals surface area contributed by atoms with Gasteiger partial charge in [0.2, 0.25) is 5.91 Å². The second-order valence-corrected chi connectivity index (χ2v) is 7.28. The van der Waals surface area contributed by atoms with Crippen LogP contribution >= 0.6 is 15.9 Å².